The van der Waals surface area contributed by atoms with Crippen molar-refractivity contribution in [3.63, 3.8) is 0 Å². The Hall–Kier alpha value is -1.75. The first-order valence-corrected chi connectivity index (χ1v) is 5.11. The molecule has 2 rings (SSSR count). The smallest absolute Gasteiger partial charge is 0.252 e. The van der Waals surface area contributed by atoms with Gasteiger partial charge in [0.15, 0.2) is 0 Å². The van der Waals surface area contributed by atoms with Crippen LogP contribution in [0.2, 0.25) is 0 Å². The molecular formula is C11H15N3O2. The third kappa shape index (κ3) is 1.59. The molecule has 0 aliphatic carbocycles. The van der Waals surface area contributed by atoms with Crippen molar-refractivity contribution in [2.24, 2.45) is 0 Å². The third-order valence-electron chi connectivity index (χ3n) is 2.78. The van der Waals surface area contributed by atoms with E-state index in [1.807, 2.05) is 25.2 Å². The van der Waals surface area contributed by atoms with E-state index in [0.29, 0.717) is 0 Å². The quantitative estimate of drug-likeness (QED) is 0.597. The van der Waals surface area contributed by atoms with Crippen LogP contribution in [-0.2, 0) is 4.79 Å². The van der Waals surface area contributed by atoms with Crippen LogP contribution in [0.3, 0.4) is 0 Å². The average molecular weight is 221 g/mol. The molecule has 0 aromatic heterocycles. The Morgan fingerprint density at radius 2 is 2.19 bits per heavy atom. The topological polar surface area (TPSA) is 73.4 Å². The highest BCUT2D eigenvalue weighted by molar-refractivity contribution is 6.06. The van der Waals surface area contributed by atoms with Crippen molar-refractivity contribution < 1.29 is 9.90 Å². The van der Waals surface area contributed by atoms with Crippen molar-refractivity contribution in [1.29, 1.82) is 0 Å². The van der Waals surface area contributed by atoms with E-state index in [2.05, 4.69) is 16.0 Å². The Bertz CT molecular complexity index is 433. The zero-order valence-electron chi connectivity index (χ0n) is 9.29. The molecule has 5 nitrogen and oxygen atoms in total. The highest BCUT2D eigenvalue weighted by Gasteiger charge is 2.36. The van der Waals surface area contributed by atoms with Crippen molar-refractivity contribution in [3.8, 4) is 0 Å². The molecule has 0 bridgehead atoms. The van der Waals surface area contributed by atoms with Crippen LogP contribution in [0.5, 0.6) is 0 Å². The first-order chi connectivity index (χ1) is 7.59. The number of amides is 1. The van der Waals surface area contributed by atoms with Gasteiger partial charge >= 0.3 is 0 Å². The Kier molecular flexibility index (Phi) is 2.47. The highest BCUT2D eigenvalue weighted by Crippen LogP contribution is 2.32. The summed E-state index contributed by atoms with van der Waals surface area (Å²) in [5.41, 5.74) is 1.51. The summed E-state index contributed by atoms with van der Waals surface area (Å²) < 4.78 is 0. The van der Waals surface area contributed by atoms with E-state index in [1.54, 1.807) is 6.92 Å². The summed E-state index contributed by atoms with van der Waals surface area (Å²) in [6, 6.07) is 5.62. The van der Waals surface area contributed by atoms with Crippen LogP contribution in [0.25, 0.3) is 0 Å². The van der Waals surface area contributed by atoms with Gasteiger partial charge in [0.2, 0.25) is 0 Å². The standard InChI is InChI=1S/C11H15N3O2/c1-11(6-15)10(16)13-9-5-7(12-2)3-4-8(9)14-11/h3-5,12,14-15H,6H2,1-2H3,(H,13,16). The first kappa shape index (κ1) is 10.8. The van der Waals surface area contributed by atoms with E-state index >= 15 is 0 Å². The normalized spacial score (nSPS) is 23.1. The molecule has 0 spiro atoms. The zero-order valence-corrected chi connectivity index (χ0v) is 9.29. The molecule has 86 valence electrons. The summed E-state index contributed by atoms with van der Waals surface area (Å²) in [7, 11) is 1.82. The number of fused-ring (bicyclic) bond motifs is 1. The molecule has 1 aliphatic heterocycles. The lowest BCUT2D eigenvalue weighted by molar-refractivity contribution is -0.121. The fourth-order valence-electron chi connectivity index (χ4n) is 1.64. The van der Waals surface area contributed by atoms with E-state index in [0.717, 1.165) is 17.1 Å². The van der Waals surface area contributed by atoms with Crippen molar-refractivity contribution in [2.45, 2.75) is 12.5 Å². The predicted molar refractivity (Wildman–Crippen MR) is 63.7 cm³/mol. The number of aliphatic hydroxyl groups excluding tert-OH is 1. The third-order valence-corrected chi connectivity index (χ3v) is 2.78. The Morgan fingerprint density at radius 3 is 2.81 bits per heavy atom. The van der Waals surface area contributed by atoms with Gasteiger partial charge in [0.25, 0.3) is 5.91 Å². The number of nitrogens with one attached hydrogen (secondary N) is 3. The van der Waals surface area contributed by atoms with Gasteiger partial charge < -0.3 is 21.1 Å². The lowest BCUT2D eigenvalue weighted by Crippen LogP contribution is -2.52. The second-order valence-corrected chi connectivity index (χ2v) is 4.08. The molecule has 1 atom stereocenters. The number of carbonyl (C=O) groups excluding carboxylic acids is 1. The van der Waals surface area contributed by atoms with E-state index in [4.69, 9.17) is 0 Å². The summed E-state index contributed by atoms with van der Waals surface area (Å²) in [5.74, 6) is -0.226. The Labute approximate surface area is 93.9 Å². The molecule has 4 N–H and O–H groups in total. The fourth-order valence-corrected chi connectivity index (χ4v) is 1.64. The van der Waals surface area contributed by atoms with Gasteiger partial charge in [0.1, 0.15) is 5.54 Å². The van der Waals surface area contributed by atoms with Gasteiger partial charge in [0, 0.05) is 12.7 Å². The molecule has 5 heteroatoms. The largest absolute Gasteiger partial charge is 0.393 e. The van der Waals surface area contributed by atoms with Gasteiger partial charge in [-0.1, -0.05) is 0 Å². The highest BCUT2D eigenvalue weighted by atomic mass is 16.3. The van der Waals surface area contributed by atoms with E-state index < -0.39 is 5.54 Å². The second kappa shape index (κ2) is 3.68. The maximum atomic E-state index is 11.8. The van der Waals surface area contributed by atoms with Gasteiger partial charge in [-0.2, -0.15) is 0 Å². The number of benzene rings is 1. The van der Waals surface area contributed by atoms with Crippen LogP contribution in [-0.4, -0.2) is 30.2 Å². The molecule has 1 aromatic rings. The second-order valence-electron chi connectivity index (χ2n) is 4.08. The molecule has 1 unspecified atom stereocenters. The van der Waals surface area contributed by atoms with Crippen LogP contribution >= 0.6 is 0 Å². The van der Waals surface area contributed by atoms with Crippen LogP contribution in [0.1, 0.15) is 6.92 Å². The Balaban J connectivity index is 2.39. The van der Waals surface area contributed by atoms with Crippen LogP contribution in [0.4, 0.5) is 17.1 Å². The predicted octanol–water partition coefficient (Wildman–Crippen LogP) is 0.843. The maximum Gasteiger partial charge on any atom is 0.252 e. The minimum Gasteiger partial charge on any atom is -0.393 e. The number of rotatable bonds is 2. The number of carbonyl (C=O) groups is 1. The van der Waals surface area contributed by atoms with Gasteiger partial charge in [-0.3, -0.25) is 4.79 Å². The molecule has 16 heavy (non-hydrogen) atoms. The van der Waals surface area contributed by atoms with Crippen molar-refractivity contribution in [3.05, 3.63) is 18.2 Å². The van der Waals surface area contributed by atoms with Gasteiger partial charge in [-0.25, -0.2) is 0 Å². The first-order valence-electron chi connectivity index (χ1n) is 5.11. The Morgan fingerprint density at radius 1 is 1.44 bits per heavy atom. The number of hydrogen-bond donors (Lipinski definition) is 4. The number of aliphatic hydroxyl groups is 1. The summed E-state index contributed by atoms with van der Waals surface area (Å²) >= 11 is 0. The van der Waals surface area contributed by atoms with Gasteiger partial charge in [-0.05, 0) is 25.1 Å². The fraction of sp³-hybridized carbons (Fsp3) is 0.364. The van der Waals surface area contributed by atoms with Gasteiger partial charge in [-0.15, -0.1) is 0 Å². The zero-order chi connectivity index (χ0) is 11.8. The van der Waals surface area contributed by atoms with Crippen molar-refractivity contribution >= 4 is 23.0 Å². The van der Waals surface area contributed by atoms with Gasteiger partial charge in [0.05, 0.1) is 18.0 Å². The molecular weight excluding hydrogens is 206 g/mol. The lowest BCUT2D eigenvalue weighted by Gasteiger charge is -2.34. The minimum atomic E-state index is -0.950. The van der Waals surface area contributed by atoms with E-state index in [1.165, 1.54) is 0 Å². The SMILES string of the molecule is CNc1ccc2c(c1)NC(=O)C(C)(CO)N2. The van der Waals surface area contributed by atoms with E-state index in [-0.39, 0.29) is 12.5 Å². The molecule has 1 heterocycles. The monoisotopic (exact) mass is 221 g/mol. The summed E-state index contributed by atoms with van der Waals surface area (Å²) in [4.78, 5) is 11.8. The molecule has 0 radical (unpaired) electrons. The van der Waals surface area contributed by atoms with Crippen molar-refractivity contribution in [1.82, 2.24) is 0 Å². The molecule has 1 aromatic carbocycles. The van der Waals surface area contributed by atoms with Crippen LogP contribution < -0.4 is 16.0 Å². The van der Waals surface area contributed by atoms with Crippen LogP contribution in [0, 0.1) is 0 Å². The summed E-state index contributed by atoms with van der Waals surface area (Å²) in [5, 5.41) is 18.0. The van der Waals surface area contributed by atoms with Crippen LogP contribution in [0.15, 0.2) is 18.2 Å². The minimum absolute atomic E-state index is 0.226. The molecule has 0 fully saturated rings. The molecule has 0 saturated carbocycles. The average Bonchev–Trinajstić information content (AvgIpc) is 2.30. The lowest BCUT2D eigenvalue weighted by atomic mass is 9.98. The molecule has 1 aliphatic rings. The number of hydrogen-bond acceptors (Lipinski definition) is 4. The summed E-state index contributed by atoms with van der Waals surface area (Å²) in [6.45, 7) is 1.42. The molecule has 0 saturated heterocycles. The summed E-state index contributed by atoms with van der Waals surface area (Å²) in [6.07, 6.45) is 0. The van der Waals surface area contributed by atoms with E-state index in [9.17, 15) is 9.90 Å². The van der Waals surface area contributed by atoms with Crippen molar-refractivity contribution in [2.75, 3.05) is 29.6 Å². The number of anilines is 3. The maximum absolute atomic E-state index is 11.8. The molecule has 1 amide bonds.